The average Bonchev–Trinajstić information content (AvgIpc) is 2.74. The van der Waals surface area contributed by atoms with Crippen molar-refractivity contribution in [3.8, 4) is 0 Å². The third kappa shape index (κ3) is 4.87. The molecule has 0 radical (unpaired) electrons. The maximum absolute atomic E-state index is 12.7. The molecule has 5 heteroatoms. The molecule has 1 aliphatic rings. The summed E-state index contributed by atoms with van der Waals surface area (Å²) in [6.07, 6.45) is 1.62. The fraction of sp³-hybridized carbons (Fsp3) is 0.292. The van der Waals surface area contributed by atoms with Crippen molar-refractivity contribution in [2.45, 2.75) is 38.6 Å². The molecule has 0 unspecified atom stereocenters. The number of ketones is 2. The van der Waals surface area contributed by atoms with E-state index in [4.69, 9.17) is 0 Å². The van der Waals surface area contributed by atoms with Crippen LogP contribution in [0.15, 0.2) is 65.7 Å². The number of benzene rings is 2. The Kier molecular flexibility index (Phi) is 6.73. The Labute approximate surface area is 170 Å². The fourth-order valence-electron chi connectivity index (χ4n) is 3.64. The number of carbonyl (C=O) groups is 3. The molecule has 0 saturated carbocycles. The van der Waals surface area contributed by atoms with E-state index < -0.39 is 0 Å². The number of hydrogen-bond acceptors (Lipinski definition) is 4. The van der Waals surface area contributed by atoms with E-state index in [1.165, 1.54) is 0 Å². The third-order valence-corrected chi connectivity index (χ3v) is 5.22. The molecule has 5 nitrogen and oxygen atoms in total. The second-order valence-corrected chi connectivity index (χ2v) is 7.30. The van der Waals surface area contributed by atoms with E-state index in [0.717, 1.165) is 5.56 Å². The van der Waals surface area contributed by atoms with Gasteiger partial charge in [0.15, 0.2) is 11.6 Å². The van der Waals surface area contributed by atoms with Crippen molar-refractivity contribution in [1.82, 2.24) is 5.32 Å². The first-order valence-electron chi connectivity index (χ1n) is 9.83. The lowest BCUT2D eigenvalue weighted by Gasteiger charge is -2.19. The minimum absolute atomic E-state index is 0.122. The van der Waals surface area contributed by atoms with Gasteiger partial charge in [0, 0.05) is 28.7 Å². The third-order valence-electron chi connectivity index (χ3n) is 5.22. The van der Waals surface area contributed by atoms with Crippen LogP contribution in [0.3, 0.4) is 0 Å². The number of fused-ring (bicyclic) bond motifs is 1. The number of rotatable bonds is 8. The molecule has 2 aromatic rings. The highest BCUT2D eigenvalue weighted by Crippen LogP contribution is 2.28. The smallest absolute Gasteiger partial charge is 0.220 e. The van der Waals surface area contributed by atoms with Crippen molar-refractivity contribution in [2.75, 3.05) is 6.61 Å². The number of Topliss-reactive ketones (excluding diaryl/α,β-unsaturated/α-hetero) is 2. The van der Waals surface area contributed by atoms with Gasteiger partial charge in [0.25, 0.3) is 0 Å². The lowest BCUT2D eigenvalue weighted by atomic mass is 9.83. The summed E-state index contributed by atoms with van der Waals surface area (Å²) in [6, 6.07) is 16.1. The van der Waals surface area contributed by atoms with Crippen LogP contribution in [0.2, 0.25) is 0 Å². The zero-order valence-electron chi connectivity index (χ0n) is 16.5. The molecule has 0 heterocycles. The molecule has 3 rings (SSSR count). The van der Waals surface area contributed by atoms with Gasteiger partial charge in [-0.3, -0.25) is 14.4 Å². The van der Waals surface area contributed by atoms with E-state index >= 15 is 0 Å². The highest BCUT2D eigenvalue weighted by molar-refractivity contribution is 6.26. The maximum atomic E-state index is 12.7. The molecule has 0 spiro atoms. The van der Waals surface area contributed by atoms with Gasteiger partial charge in [-0.1, -0.05) is 54.6 Å². The molecule has 0 bridgehead atoms. The Morgan fingerprint density at radius 1 is 0.966 bits per heavy atom. The second kappa shape index (κ2) is 9.43. The van der Waals surface area contributed by atoms with Crippen LogP contribution in [0.4, 0.5) is 0 Å². The normalized spacial score (nSPS) is 14.6. The lowest BCUT2D eigenvalue weighted by Crippen LogP contribution is -2.39. The van der Waals surface area contributed by atoms with Crippen LogP contribution in [0, 0.1) is 0 Å². The zero-order chi connectivity index (χ0) is 20.8. The van der Waals surface area contributed by atoms with E-state index in [1.807, 2.05) is 30.3 Å². The van der Waals surface area contributed by atoms with Crippen LogP contribution in [-0.2, 0) is 11.2 Å². The van der Waals surface area contributed by atoms with Gasteiger partial charge < -0.3 is 10.4 Å². The molecular weight excluding hydrogens is 366 g/mol. The van der Waals surface area contributed by atoms with Gasteiger partial charge in [0.2, 0.25) is 5.91 Å². The number of hydrogen-bond donors (Lipinski definition) is 2. The highest BCUT2D eigenvalue weighted by atomic mass is 16.3. The first-order chi connectivity index (χ1) is 14.0. The molecule has 0 saturated heterocycles. The summed E-state index contributed by atoms with van der Waals surface area (Å²) in [5.74, 6) is -0.425. The van der Waals surface area contributed by atoms with Gasteiger partial charge in [-0.15, -0.1) is 0 Å². The van der Waals surface area contributed by atoms with Gasteiger partial charge in [-0.05, 0) is 31.7 Å². The van der Waals surface area contributed by atoms with Crippen LogP contribution in [0.25, 0.3) is 0 Å². The Morgan fingerprint density at radius 3 is 2.24 bits per heavy atom. The van der Waals surface area contributed by atoms with Crippen molar-refractivity contribution in [2.24, 2.45) is 0 Å². The van der Waals surface area contributed by atoms with E-state index in [-0.39, 0.29) is 36.5 Å². The molecule has 2 N–H and O–H groups in total. The second-order valence-electron chi connectivity index (χ2n) is 7.30. The molecule has 29 heavy (non-hydrogen) atoms. The Morgan fingerprint density at radius 2 is 1.59 bits per heavy atom. The van der Waals surface area contributed by atoms with Crippen molar-refractivity contribution in [3.05, 3.63) is 82.4 Å². The summed E-state index contributed by atoms with van der Waals surface area (Å²) in [5.41, 5.74) is 2.88. The number of aliphatic hydroxyl groups excluding tert-OH is 1. The van der Waals surface area contributed by atoms with E-state index in [0.29, 0.717) is 41.5 Å². The minimum Gasteiger partial charge on any atom is -0.394 e. The van der Waals surface area contributed by atoms with Crippen molar-refractivity contribution >= 4 is 17.5 Å². The summed E-state index contributed by atoms with van der Waals surface area (Å²) in [6.45, 7) is 1.53. The summed E-state index contributed by atoms with van der Waals surface area (Å²) in [5, 5.41) is 12.4. The van der Waals surface area contributed by atoms with Gasteiger partial charge in [-0.2, -0.15) is 0 Å². The van der Waals surface area contributed by atoms with Gasteiger partial charge in [0.1, 0.15) is 0 Å². The molecule has 0 aromatic heterocycles. The summed E-state index contributed by atoms with van der Waals surface area (Å²) < 4.78 is 0. The predicted molar refractivity (Wildman–Crippen MR) is 111 cm³/mol. The molecule has 150 valence electrons. The molecule has 0 fully saturated rings. The number of amides is 1. The number of carbonyl (C=O) groups excluding carboxylic acids is 3. The summed E-state index contributed by atoms with van der Waals surface area (Å²) in [4.78, 5) is 37.5. The van der Waals surface area contributed by atoms with Crippen LogP contribution < -0.4 is 5.32 Å². The van der Waals surface area contributed by atoms with Gasteiger partial charge >= 0.3 is 0 Å². The number of aliphatic hydroxyl groups is 1. The Balaban J connectivity index is 1.55. The molecule has 1 atom stereocenters. The van der Waals surface area contributed by atoms with Crippen molar-refractivity contribution in [1.29, 1.82) is 0 Å². The van der Waals surface area contributed by atoms with Crippen LogP contribution >= 0.6 is 0 Å². The standard InChI is InChI=1S/C24H25NO4/c1-16-19(24(29)21-11-6-5-10-20(21)23(16)28)12-7-13-22(27)25-18(15-26)14-17-8-3-2-4-9-17/h2-6,8-11,18,26H,7,12-15H2,1H3,(H,25,27)/t18-/m1/s1. The number of nitrogens with one attached hydrogen (secondary N) is 1. The lowest BCUT2D eigenvalue weighted by molar-refractivity contribution is -0.122. The fourth-order valence-corrected chi connectivity index (χ4v) is 3.64. The summed E-state index contributed by atoms with van der Waals surface area (Å²) in [7, 11) is 0. The molecular formula is C24H25NO4. The monoisotopic (exact) mass is 391 g/mol. The minimum atomic E-state index is -0.351. The van der Waals surface area contributed by atoms with E-state index in [9.17, 15) is 19.5 Å². The largest absolute Gasteiger partial charge is 0.394 e. The van der Waals surface area contributed by atoms with E-state index in [1.54, 1.807) is 31.2 Å². The predicted octanol–water partition coefficient (Wildman–Crippen LogP) is 3.27. The van der Waals surface area contributed by atoms with Gasteiger partial charge in [-0.25, -0.2) is 0 Å². The number of allylic oxidation sites excluding steroid dienone is 2. The topological polar surface area (TPSA) is 83.5 Å². The van der Waals surface area contributed by atoms with Crippen LogP contribution in [0.5, 0.6) is 0 Å². The quantitative estimate of drug-likeness (QED) is 0.723. The maximum Gasteiger partial charge on any atom is 0.220 e. The zero-order valence-corrected chi connectivity index (χ0v) is 16.5. The summed E-state index contributed by atoms with van der Waals surface area (Å²) >= 11 is 0. The molecule has 1 amide bonds. The molecule has 2 aromatic carbocycles. The molecule has 1 aliphatic carbocycles. The molecule has 0 aliphatic heterocycles. The SMILES string of the molecule is CC1=C(CCCC(=O)N[C@@H](CO)Cc2ccccc2)C(=O)c2ccccc2C1=O. The average molecular weight is 391 g/mol. The first kappa shape index (κ1) is 20.7. The van der Waals surface area contributed by atoms with Crippen LogP contribution in [0.1, 0.15) is 52.5 Å². The van der Waals surface area contributed by atoms with Crippen LogP contribution in [-0.4, -0.2) is 35.2 Å². The van der Waals surface area contributed by atoms with Crippen molar-refractivity contribution in [3.63, 3.8) is 0 Å². The van der Waals surface area contributed by atoms with Crippen molar-refractivity contribution < 1.29 is 19.5 Å². The highest BCUT2D eigenvalue weighted by Gasteiger charge is 2.29. The van der Waals surface area contributed by atoms with Gasteiger partial charge in [0.05, 0.1) is 12.6 Å². The Bertz CT molecular complexity index is 946. The Hall–Kier alpha value is -3.05. The van der Waals surface area contributed by atoms with E-state index in [2.05, 4.69) is 5.32 Å². The first-order valence-corrected chi connectivity index (χ1v) is 9.83.